The number of amides is 1. The molecule has 1 N–H and O–H groups in total. The van der Waals surface area contributed by atoms with Crippen LogP contribution < -0.4 is 5.32 Å². The molecule has 0 spiro atoms. The summed E-state index contributed by atoms with van der Waals surface area (Å²) in [5.74, 6) is 0.227. The van der Waals surface area contributed by atoms with Crippen LogP contribution in [0.15, 0.2) is 4.99 Å². The zero-order valence-electron chi connectivity index (χ0n) is 7.76. The Labute approximate surface area is 92.1 Å². The van der Waals surface area contributed by atoms with Crippen molar-refractivity contribution in [2.45, 2.75) is 24.7 Å². The van der Waals surface area contributed by atoms with Gasteiger partial charge >= 0.3 is 0 Å². The van der Waals surface area contributed by atoms with E-state index in [4.69, 9.17) is 11.6 Å². The molecule has 0 aromatic rings. The lowest BCUT2D eigenvalue weighted by Gasteiger charge is -2.07. The number of rotatable bonds is 5. The summed E-state index contributed by atoms with van der Waals surface area (Å²) < 4.78 is 0. The summed E-state index contributed by atoms with van der Waals surface area (Å²) in [4.78, 5) is 15.3. The van der Waals surface area contributed by atoms with Crippen LogP contribution >= 0.6 is 27.5 Å². The number of carbonyl (C=O) groups excluding carboxylic acids is 1. The number of halogens is 2. The number of carbonyl (C=O) groups is 1. The molecule has 0 bridgehead atoms. The Morgan fingerprint density at radius 2 is 2.31 bits per heavy atom. The first-order valence-electron chi connectivity index (χ1n) is 4.09. The summed E-state index contributed by atoms with van der Waals surface area (Å²) in [7, 11) is 0. The van der Waals surface area contributed by atoms with Crippen molar-refractivity contribution in [3.8, 4) is 0 Å². The maximum absolute atomic E-state index is 11.0. The molecule has 0 rings (SSSR count). The Kier molecular flexibility index (Phi) is 7.28. The van der Waals surface area contributed by atoms with Gasteiger partial charge in [0.05, 0.1) is 12.3 Å². The van der Waals surface area contributed by atoms with E-state index in [9.17, 15) is 4.79 Å². The van der Waals surface area contributed by atoms with Crippen LogP contribution in [0.25, 0.3) is 0 Å². The van der Waals surface area contributed by atoms with Gasteiger partial charge in [0.25, 0.3) is 5.91 Å². The van der Waals surface area contributed by atoms with Crippen LogP contribution in [0.3, 0.4) is 0 Å². The second-order valence-corrected chi connectivity index (χ2v) is 4.50. The molecule has 0 saturated carbocycles. The largest absolute Gasteiger partial charge is 0.350 e. The van der Waals surface area contributed by atoms with Crippen molar-refractivity contribution in [1.82, 2.24) is 5.32 Å². The van der Waals surface area contributed by atoms with Gasteiger partial charge in [0.1, 0.15) is 0 Å². The molecule has 1 unspecified atom stereocenters. The molecule has 0 fully saturated rings. The summed E-state index contributed by atoms with van der Waals surface area (Å²) in [6, 6.07) is 0.0988. The fourth-order valence-corrected chi connectivity index (χ4v) is 0.751. The lowest BCUT2D eigenvalue weighted by atomic mass is 10.3. The third-order valence-corrected chi connectivity index (χ3v) is 2.44. The normalized spacial score (nSPS) is 15.7. The molecule has 0 saturated heterocycles. The highest BCUT2D eigenvalue weighted by molar-refractivity contribution is 9.09. The lowest BCUT2D eigenvalue weighted by molar-refractivity contribution is -0.114. The average molecular weight is 270 g/mol. The van der Waals surface area contributed by atoms with Crippen LogP contribution in [0, 0.1) is 0 Å². The molecule has 5 heteroatoms. The van der Waals surface area contributed by atoms with Gasteiger partial charge in [-0.1, -0.05) is 22.9 Å². The topological polar surface area (TPSA) is 41.5 Å². The molecule has 0 radical (unpaired) electrons. The summed E-state index contributed by atoms with van der Waals surface area (Å²) >= 11 is 8.77. The van der Waals surface area contributed by atoms with Crippen molar-refractivity contribution in [1.29, 1.82) is 0 Å². The highest BCUT2D eigenvalue weighted by Gasteiger charge is 2.05. The Hall–Kier alpha value is -0.0900. The monoisotopic (exact) mass is 268 g/mol. The van der Waals surface area contributed by atoms with Gasteiger partial charge in [-0.05, 0) is 6.92 Å². The first-order chi connectivity index (χ1) is 6.07. The van der Waals surface area contributed by atoms with Crippen molar-refractivity contribution < 1.29 is 4.79 Å². The van der Waals surface area contributed by atoms with Crippen molar-refractivity contribution in [3.05, 3.63) is 0 Å². The first-order valence-corrected chi connectivity index (χ1v) is 5.54. The minimum Gasteiger partial charge on any atom is -0.350 e. The Balaban J connectivity index is 3.76. The lowest BCUT2D eigenvalue weighted by Crippen LogP contribution is -2.27. The fourth-order valence-electron chi connectivity index (χ4n) is 0.520. The Bertz CT molecular complexity index is 185. The van der Waals surface area contributed by atoms with Crippen molar-refractivity contribution >= 4 is 39.7 Å². The molecule has 3 nitrogen and oxygen atoms in total. The zero-order valence-corrected chi connectivity index (χ0v) is 10.1. The predicted molar refractivity (Wildman–Crippen MR) is 60.1 cm³/mol. The van der Waals surface area contributed by atoms with Crippen molar-refractivity contribution in [2.24, 2.45) is 4.99 Å². The van der Waals surface area contributed by atoms with Crippen LogP contribution in [-0.2, 0) is 4.79 Å². The van der Waals surface area contributed by atoms with Gasteiger partial charge in [-0.2, -0.15) is 0 Å². The fraction of sp³-hybridized carbons (Fsp3) is 0.750. The van der Waals surface area contributed by atoms with E-state index in [1.54, 1.807) is 0 Å². The number of nitrogens with zero attached hydrogens (tertiary/aromatic N) is 1. The van der Waals surface area contributed by atoms with E-state index in [2.05, 4.69) is 26.2 Å². The van der Waals surface area contributed by atoms with Gasteiger partial charge in [-0.25, -0.2) is 0 Å². The maximum atomic E-state index is 11.0. The number of hydrogen-bond donors (Lipinski definition) is 1. The van der Waals surface area contributed by atoms with Gasteiger partial charge in [-0.15, -0.1) is 11.6 Å². The third-order valence-electron chi connectivity index (χ3n) is 1.49. The van der Waals surface area contributed by atoms with Crippen LogP contribution in [-0.4, -0.2) is 35.4 Å². The average Bonchev–Trinajstić information content (AvgIpc) is 2.10. The van der Waals surface area contributed by atoms with E-state index in [0.717, 1.165) is 0 Å². The number of hydrogen-bond acceptors (Lipinski definition) is 2. The quantitative estimate of drug-likeness (QED) is 0.598. The molecular formula is C8H14BrClN2O. The summed E-state index contributed by atoms with van der Waals surface area (Å²) in [6.45, 7) is 4.40. The minimum atomic E-state index is -0.194. The molecule has 2 atom stereocenters. The molecule has 0 aromatic heterocycles. The van der Waals surface area contributed by atoms with E-state index in [0.29, 0.717) is 12.4 Å². The Morgan fingerprint density at radius 3 is 2.77 bits per heavy atom. The van der Waals surface area contributed by atoms with Crippen LogP contribution in [0.2, 0.25) is 0 Å². The molecule has 13 heavy (non-hydrogen) atoms. The SMILES string of the molecule is CC(Br)[C@@H](C)/N=C\C(=O)NCCCl. The standard InChI is InChI=1S/C8H14BrClN2O/c1-6(9)7(2)12-5-8(13)11-4-3-10/h5-7H,3-4H2,1-2H3,(H,11,13)/b12-5-/t6?,7-/m1/s1. The molecule has 76 valence electrons. The molecule has 0 aliphatic carbocycles. The second kappa shape index (κ2) is 7.33. The minimum absolute atomic E-state index is 0.0988. The van der Waals surface area contributed by atoms with Crippen LogP contribution in [0.4, 0.5) is 0 Å². The summed E-state index contributed by atoms with van der Waals surface area (Å²) in [5.41, 5.74) is 0. The summed E-state index contributed by atoms with van der Waals surface area (Å²) in [5, 5.41) is 2.59. The molecule has 0 aliphatic heterocycles. The van der Waals surface area contributed by atoms with Gasteiger partial charge in [-0.3, -0.25) is 9.79 Å². The van der Waals surface area contributed by atoms with E-state index in [1.807, 2.05) is 13.8 Å². The smallest absolute Gasteiger partial charge is 0.262 e. The third kappa shape index (κ3) is 7.02. The highest BCUT2D eigenvalue weighted by atomic mass is 79.9. The van der Waals surface area contributed by atoms with Gasteiger partial charge in [0, 0.05) is 17.3 Å². The zero-order chi connectivity index (χ0) is 10.3. The number of alkyl halides is 2. The first kappa shape index (κ1) is 12.9. The maximum Gasteiger partial charge on any atom is 0.262 e. The van der Waals surface area contributed by atoms with Gasteiger partial charge < -0.3 is 5.32 Å². The van der Waals surface area contributed by atoms with Crippen LogP contribution in [0.1, 0.15) is 13.8 Å². The van der Waals surface area contributed by atoms with Gasteiger partial charge in [0.2, 0.25) is 0 Å². The predicted octanol–water partition coefficient (Wildman–Crippen LogP) is 1.58. The molecular weight excluding hydrogens is 255 g/mol. The summed E-state index contributed by atoms with van der Waals surface area (Å²) in [6.07, 6.45) is 1.30. The highest BCUT2D eigenvalue weighted by Crippen LogP contribution is 2.06. The van der Waals surface area contributed by atoms with Crippen molar-refractivity contribution in [2.75, 3.05) is 12.4 Å². The molecule has 0 aliphatic rings. The van der Waals surface area contributed by atoms with E-state index in [1.165, 1.54) is 6.21 Å². The Morgan fingerprint density at radius 1 is 1.69 bits per heavy atom. The van der Waals surface area contributed by atoms with E-state index < -0.39 is 0 Å². The molecule has 0 heterocycles. The van der Waals surface area contributed by atoms with E-state index >= 15 is 0 Å². The molecule has 1 amide bonds. The van der Waals surface area contributed by atoms with Gasteiger partial charge in [0.15, 0.2) is 0 Å². The van der Waals surface area contributed by atoms with E-state index in [-0.39, 0.29) is 16.8 Å². The number of nitrogens with one attached hydrogen (secondary N) is 1. The number of aliphatic imine (C=N–C) groups is 1. The van der Waals surface area contributed by atoms with Crippen molar-refractivity contribution in [3.63, 3.8) is 0 Å². The molecule has 0 aromatic carbocycles. The second-order valence-electron chi connectivity index (χ2n) is 2.68. The van der Waals surface area contributed by atoms with Crippen LogP contribution in [0.5, 0.6) is 0 Å².